The number of halogens is 2. The summed E-state index contributed by atoms with van der Waals surface area (Å²) in [6.07, 6.45) is 1.85. The third kappa shape index (κ3) is 7.21. The van der Waals surface area contributed by atoms with Gasteiger partial charge in [0.25, 0.3) is 0 Å². The van der Waals surface area contributed by atoms with E-state index in [0.717, 1.165) is 31.2 Å². The van der Waals surface area contributed by atoms with Gasteiger partial charge >= 0.3 is 0 Å². The van der Waals surface area contributed by atoms with E-state index in [1.54, 1.807) is 6.21 Å². The average Bonchev–Trinajstić information content (AvgIpc) is 2.76. The molecule has 0 spiro atoms. The number of hydrogen-bond donors (Lipinski definition) is 1. The summed E-state index contributed by atoms with van der Waals surface area (Å²) in [5.41, 5.74) is 6.49. The van der Waals surface area contributed by atoms with Crippen LogP contribution in [0.25, 0.3) is 0 Å². The van der Waals surface area contributed by atoms with Crippen molar-refractivity contribution >= 4 is 44.0 Å². The highest BCUT2D eigenvalue weighted by molar-refractivity contribution is 9.10. The Balaban J connectivity index is 1.65. The second kappa shape index (κ2) is 11.8. The third-order valence-electron chi connectivity index (χ3n) is 4.52. The Morgan fingerprint density at radius 2 is 1.69 bits per heavy atom. The maximum Gasteiger partial charge on any atom is 0.244 e. The fourth-order valence-electron chi connectivity index (χ4n) is 2.91. The molecule has 0 saturated carbocycles. The molecule has 0 aliphatic carbocycles. The van der Waals surface area contributed by atoms with E-state index in [0.29, 0.717) is 24.7 Å². The van der Waals surface area contributed by atoms with Crippen LogP contribution in [0.3, 0.4) is 0 Å². The zero-order valence-corrected chi connectivity index (χ0v) is 21.1. The molecule has 3 aromatic carbocycles. The van der Waals surface area contributed by atoms with E-state index in [2.05, 4.69) is 42.4 Å². The van der Waals surface area contributed by atoms with Crippen LogP contribution < -0.4 is 14.9 Å². The van der Waals surface area contributed by atoms with E-state index in [-0.39, 0.29) is 12.3 Å². The SMILES string of the molecule is CCOc1cc(/C=N/NC(=O)Cc2ccc(C)cc2)cc(Br)c1OCc1ccc(Br)cc1. The molecule has 5 nitrogen and oxygen atoms in total. The zero-order chi connectivity index (χ0) is 22.9. The summed E-state index contributed by atoms with van der Waals surface area (Å²) >= 11 is 7.00. The number of rotatable bonds is 9. The van der Waals surface area contributed by atoms with E-state index in [1.165, 1.54) is 0 Å². The van der Waals surface area contributed by atoms with Crippen molar-refractivity contribution in [2.45, 2.75) is 26.9 Å². The summed E-state index contributed by atoms with van der Waals surface area (Å²) in [5.74, 6) is 1.05. The molecule has 0 bridgehead atoms. The number of amides is 1. The fraction of sp³-hybridized carbons (Fsp3) is 0.200. The van der Waals surface area contributed by atoms with E-state index in [9.17, 15) is 4.79 Å². The highest BCUT2D eigenvalue weighted by Crippen LogP contribution is 2.37. The molecule has 0 unspecified atom stereocenters. The smallest absolute Gasteiger partial charge is 0.244 e. The molecule has 3 aromatic rings. The molecule has 7 heteroatoms. The van der Waals surface area contributed by atoms with Crippen molar-refractivity contribution in [3.8, 4) is 11.5 Å². The molecular weight excluding hydrogens is 536 g/mol. The van der Waals surface area contributed by atoms with Gasteiger partial charge in [-0.25, -0.2) is 5.43 Å². The first-order chi connectivity index (χ1) is 15.4. The molecule has 1 N–H and O–H groups in total. The maximum absolute atomic E-state index is 12.1. The van der Waals surface area contributed by atoms with Gasteiger partial charge in [-0.1, -0.05) is 57.9 Å². The molecule has 0 aromatic heterocycles. The van der Waals surface area contributed by atoms with E-state index in [1.807, 2.05) is 74.5 Å². The summed E-state index contributed by atoms with van der Waals surface area (Å²) in [6.45, 7) is 4.84. The predicted molar refractivity (Wildman–Crippen MR) is 134 cm³/mol. The summed E-state index contributed by atoms with van der Waals surface area (Å²) in [6, 6.07) is 19.5. The lowest BCUT2D eigenvalue weighted by molar-refractivity contribution is -0.120. The molecular formula is C25H24Br2N2O3. The van der Waals surface area contributed by atoms with Gasteiger partial charge < -0.3 is 9.47 Å². The molecule has 0 saturated heterocycles. The fourth-order valence-corrected chi connectivity index (χ4v) is 3.75. The van der Waals surface area contributed by atoms with Crippen molar-refractivity contribution in [2.24, 2.45) is 5.10 Å². The zero-order valence-electron chi connectivity index (χ0n) is 17.9. The first kappa shape index (κ1) is 24.0. The van der Waals surface area contributed by atoms with Gasteiger partial charge in [0.15, 0.2) is 11.5 Å². The molecule has 1 amide bonds. The molecule has 0 aliphatic heterocycles. The minimum absolute atomic E-state index is 0.177. The van der Waals surface area contributed by atoms with Crippen LogP contribution in [-0.2, 0) is 17.8 Å². The first-order valence-corrected chi connectivity index (χ1v) is 11.7. The number of aryl methyl sites for hydroxylation is 1. The minimum atomic E-state index is -0.177. The molecule has 0 atom stereocenters. The summed E-state index contributed by atoms with van der Waals surface area (Å²) in [4.78, 5) is 12.1. The standard InChI is InChI=1S/C25H24Br2N2O3/c1-3-31-23-13-20(15-28-29-24(30)14-18-6-4-17(2)5-7-18)12-22(27)25(23)32-16-19-8-10-21(26)11-9-19/h4-13,15H,3,14,16H2,1-2H3,(H,29,30)/b28-15+. The highest BCUT2D eigenvalue weighted by Gasteiger charge is 2.12. The lowest BCUT2D eigenvalue weighted by atomic mass is 10.1. The van der Waals surface area contributed by atoms with Gasteiger partial charge in [-0.3, -0.25) is 4.79 Å². The molecule has 0 heterocycles. The number of carbonyl (C=O) groups is 1. The average molecular weight is 560 g/mol. The lowest BCUT2D eigenvalue weighted by Gasteiger charge is -2.14. The molecule has 166 valence electrons. The van der Waals surface area contributed by atoms with E-state index < -0.39 is 0 Å². The van der Waals surface area contributed by atoms with Gasteiger partial charge in [-0.2, -0.15) is 5.10 Å². The number of hydrazone groups is 1. The van der Waals surface area contributed by atoms with Crippen LogP contribution in [0.1, 0.15) is 29.2 Å². The van der Waals surface area contributed by atoms with Gasteiger partial charge in [0.1, 0.15) is 6.61 Å². The quantitative estimate of drug-likeness (QED) is 0.251. The number of ether oxygens (including phenoxy) is 2. The first-order valence-electron chi connectivity index (χ1n) is 10.2. The Morgan fingerprint density at radius 3 is 2.38 bits per heavy atom. The van der Waals surface area contributed by atoms with Crippen molar-refractivity contribution in [3.63, 3.8) is 0 Å². The van der Waals surface area contributed by atoms with Crippen molar-refractivity contribution in [3.05, 3.63) is 91.9 Å². The Kier molecular flexibility index (Phi) is 8.88. The molecule has 0 fully saturated rings. The molecule has 32 heavy (non-hydrogen) atoms. The number of benzene rings is 3. The molecule has 0 aliphatic rings. The van der Waals surface area contributed by atoms with Crippen LogP contribution in [0.4, 0.5) is 0 Å². The lowest BCUT2D eigenvalue weighted by Crippen LogP contribution is -2.19. The van der Waals surface area contributed by atoms with Crippen LogP contribution >= 0.6 is 31.9 Å². The van der Waals surface area contributed by atoms with Gasteiger partial charge in [0.05, 0.1) is 23.7 Å². The van der Waals surface area contributed by atoms with Crippen LogP contribution in [-0.4, -0.2) is 18.7 Å². The Morgan fingerprint density at radius 1 is 1.00 bits per heavy atom. The van der Waals surface area contributed by atoms with Crippen LogP contribution in [0, 0.1) is 6.92 Å². The van der Waals surface area contributed by atoms with Crippen molar-refractivity contribution < 1.29 is 14.3 Å². The normalized spacial score (nSPS) is 10.9. The summed E-state index contributed by atoms with van der Waals surface area (Å²) < 4.78 is 13.6. The Labute approximate surface area is 205 Å². The highest BCUT2D eigenvalue weighted by atomic mass is 79.9. The predicted octanol–water partition coefficient (Wildman–Crippen LogP) is 6.19. The van der Waals surface area contributed by atoms with Crippen LogP contribution in [0.5, 0.6) is 11.5 Å². The number of nitrogens with one attached hydrogen (secondary N) is 1. The van der Waals surface area contributed by atoms with Gasteiger partial charge in [-0.15, -0.1) is 0 Å². The van der Waals surface area contributed by atoms with Crippen LogP contribution in [0.2, 0.25) is 0 Å². The Hall–Kier alpha value is -2.64. The summed E-state index contributed by atoms with van der Waals surface area (Å²) in [5, 5.41) is 4.08. The number of nitrogens with zero attached hydrogens (tertiary/aromatic N) is 1. The van der Waals surface area contributed by atoms with Crippen molar-refractivity contribution in [1.29, 1.82) is 0 Å². The van der Waals surface area contributed by atoms with E-state index in [4.69, 9.17) is 9.47 Å². The molecule has 3 rings (SSSR count). The molecule has 0 radical (unpaired) electrons. The third-order valence-corrected chi connectivity index (χ3v) is 5.63. The maximum atomic E-state index is 12.1. The second-order valence-corrected chi connectivity index (χ2v) is 8.90. The van der Waals surface area contributed by atoms with E-state index >= 15 is 0 Å². The summed E-state index contributed by atoms with van der Waals surface area (Å²) in [7, 11) is 0. The van der Waals surface area contributed by atoms with Gasteiger partial charge in [0, 0.05) is 4.47 Å². The minimum Gasteiger partial charge on any atom is -0.490 e. The number of hydrogen-bond acceptors (Lipinski definition) is 4. The van der Waals surface area contributed by atoms with Gasteiger partial charge in [-0.05, 0) is 70.7 Å². The van der Waals surface area contributed by atoms with Crippen molar-refractivity contribution in [2.75, 3.05) is 6.61 Å². The topological polar surface area (TPSA) is 59.9 Å². The number of carbonyl (C=O) groups excluding carboxylic acids is 1. The van der Waals surface area contributed by atoms with Crippen molar-refractivity contribution in [1.82, 2.24) is 5.43 Å². The Bertz CT molecular complexity index is 1080. The van der Waals surface area contributed by atoms with Gasteiger partial charge in [0.2, 0.25) is 5.91 Å². The largest absolute Gasteiger partial charge is 0.490 e. The second-order valence-electron chi connectivity index (χ2n) is 7.13. The monoisotopic (exact) mass is 558 g/mol. The van der Waals surface area contributed by atoms with Crippen LogP contribution in [0.15, 0.2) is 74.7 Å².